The molecule has 3 heteroatoms. The van der Waals surface area contributed by atoms with E-state index in [0.29, 0.717) is 11.7 Å². The molecule has 1 saturated carbocycles. The van der Waals surface area contributed by atoms with Crippen LogP contribution in [-0.4, -0.2) is 29.5 Å². The van der Waals surface area contributed by atoms with Crippen molar-refractivity contribution in [2.24, 2.45) is 11.8 Å². The smallest absolute Gasteiger partial charge is 0.136 e. The average Bonchev–Trinajstić information content (AvgIpc) is 3.14. The summed E-state index contributed by atoms with van der Waals surface area (Å²) in [5, 5.41) is 0. The lowest BCUT2D eigenvalue weighted by Crippen LogP contribution is -2.44. The predicted molar refractivity (Wildman–Crippen MR) is 70.3 cm³/mol. The van der Waals surface area contributed by atoms with Crippen molar-refractivity contribution in [2.45, 2.75) is 50.5 Å². The highest BCUT2D eigenvalue weighted by Crippen LogP contribution is 2.41. The van der Waals surface area contributed by atoms with Crippen LogP contribution >= 0.6 is 11.8 Å². The van der Waals surface area contributed by atoms with Crippen LogP contribution in [0, 0.1) is 11.8 Å². The molecule has 17 heavy (non-hydrogen) atoms. The van der Waals surface area contributed by atoms with E-state index < -0.39 is 0 Å². The summed E-state index contributed by atoms with van der Waals surface area (Å²) in [5.41, 5.74) is 0.0768. The summed E-state index contributed by atoms with van der Waals surface area (Å²) in [5.74, 6) is 4.01. The van der Waals surface area contributed by atoms with Crippen LogP contribution in [0.4, 0.5) is 0 Å². The molecular formula is C14H22O2S. The van der Waals surface area contributed by atoms with Crippen LogP contribution in [0.2, 0.25) is 0 Å². The zero-order valence-electron chi connectivity index (χ0n) is 10.5. The number of ketones is 1. The van der Waals surface area contributed by atoms with E-state index in [4.69, 9.17) is 4.74 Å². The summed E-state index contributed by atoms with van der Waals surface area (Å²) in [6.45, 7) is 0.811. The van der Waals surface area contributed by atoms with Gasteiger partial charge in [-0.2, -0.15) is 11.8 Å². The number of hydrogen-bond donors (Lipinski definition) is 0. The van der Waals surface area contributed by atoms with Crippen LogP contribution < -0.4 is 0 Å². The van der Waals surface area contributed by atoms with E-state index in [1.54, 1.807) is 0 Å². The van der Waals surface area contributed by atoms with Gasteiger partial charge < -0.3 is 4.74 Å². The Morgan fingerprint density at radius 1 is 1.24 bits per heavy atom. The summed E-state index contributed by atoms with van der Waals surface area (Å²) in [4.78, 5) is 12.2. The molecule has 0 bridgehead atoms. The third-order valence-electron chi connectivity index (χ3n) is 4.54. The van der Waals surface area contributed by atoms with Gasteiger partial charge in [0.15, 0.2) is 0 Å². The molecule has 0 radical (unpaired) electrons. The van der Waals surface area contributed by atoms with Crippen molar-refractivity contribution < 1.29 is 9.53 Å². The van der Waals surface area contributed by atoms with E-state index in [9.17, 15) is 4.79 Å². The van der Waals surface area contributed by atoms with Crippen LogP contribution in [-0.2, 0) is 9.53 Å². The Kier molecular flexibility index (Phi) is 3.49. The largest absolute Gasteiger partial charge is 0.375 e. The number of rotatable bonds is 3. The van der Waals surface area contributed by atoms with Crippen molar-refractivity contribution in [2.75, 3.05) is 18.1 Å². The van der Waals surface area contributed by atoms with E-state index >= 15 is 0 Å². The van der Waals surface area contributed by atoms with Gasteiger partial charge in [-0.3, -0.25) is 4.79 Å². The van der Waals surface area contributed by atoms with Gasteiger partial charge in [-0.05, 0) is 55.9 Å². The van der Waals surface area contributed by atoms with Gasteiger partial charge in [0.2, 0.25) is 0 Å². The Morgan fingerprint density at radius 3 is 2.71 bits per heavy atom. The Bertz CT molecular complexity index is 287. The normalized spacial score (nSPS) is 32.6. The molecule has 0 amide bonds. The second kappa shape index (κ2) is 4.93. The first-order valence-electron chi connectivity index (χ1n) is 7.02. The van der Waals surface area contributed by atoms with Crippen molar-refractivity contribution in [1.29, 1.82) is 0 Å². The molecule has 0 N–H and O–H groups in total. The van der Waals surface area contributed by atoms with Gasteiger partial charge in [0, 0.05) is 18.9 Å². The van der Waals surface area contributed by atoms with Crippen molar-refractivity contribution in [3.63, 3.8) is 0 Å². The molecule has 3 fully saturated rings. The van der Waals surface area contributed by atoms with Crippen molar-refractivity contribution >= 4 is 17.5 Å². The Labute approximate surface area is 108 Å². The van der Waals surface area contributed by atoms with Gasteiger partial charge in [0.1, 0.15) is 5.78 Å². The van der Waals surface area contributed by atoms with E-state index in [1.807, 2.05) is 11.8 Å². The summed E-state index contributed by atoms with van der Waals surface area (Å²) in [7, 11) is 0. The highest BCUT2D eigenvalue weighted by Gasteiger charge is 2.41. The van der Waals surface area contributed by atoms with Crippen molar-refractivity contribution in [3.05, 3.63) is 0 Å². The van der Waals surface area contributed by atoms with E-state index in [2.05, 4.69) is 0 Å². The van der Waals surface area contributed by atoms with Crippen LogP contribution in [0.5, 0.6) is 0 Å². The molecule has 3 rings (SSSR count). The zero-order valence-corrected chi connectivity index (χ0v) is 11.3. The van der Waals surface area contributed by atoms with Crippen LogP contribution in [0.1, 0.15) is 44.9 Å². The monoisotopic (exact) mass is 254 g/mol. The fraction of sp³-hybridized carbons (Fsp3) is 0.929. The molecule has 0 aromatic heterocycles. The summed E-state index contributed by atoms with van der Waals surface area (Å²) in [6, 6.07) is 0. The number of Topliss-reactive ketones (excluding diaryl/α,β-unsaturated/α-hetero) is 1. The zero-order chi connectivity index (χ0) is 11.7. The predicted octanol–water partition coefficient (Wildman–Crippen LogP) is 3.05. The summed E-state index contributed by atoms with van der Waals surface area (Å²) in [6.07, 6.45) is 7.73. The van der Waals surface area contributed by atoms with Gasteiger partial charge in [0.05, 0.1) is 5.60 Å². The quantitative estimate of drug-likeness (QED) is 0.774. The van der Waals surface area contributed by atoms with Gasteiger partial charge in [-0.25, -0.2) is 0 Å². The Morgan fingerprint density at radius 2 is 2.00 bits per heavy atom. The molecule has 1 atom stereocenters. The molecule has 1 aliphatic carbocycles. The van der Waals surface area contributed by atoms with Gasteiger partial charge in [-0.1, -0.05) is 0 Å². The molecule has 0 aromatic rings. The maximum absolute atomic E-state index is 12.2. The Hall–Kier alpha value is -0.0200. The molecule has 96 valence electrons. The lowest BCUT2D eigenvalue weighted by molar-refractivity contribution is -0.138. The second-order valence-corrected chi connectivity index (χ2v) is 7.17. The number of carbonyl (C=O) groups is 1. The minimum Gasteiger partial charge on any atom is -0.375 e. The van der Waals surface area contributed by atoms with Gasteiger partial charge >= 0.3 is 0 Å². The molecule has 2 nitrogen and oxygen atoms in total. The number of hydrogen-bond acceptors (Lipinski definition) is 3. The molecule has 3 aliphatic rings. The Balaban J connectivity index is 1.59. The third kappa shape index (κ3) is 2.87. The van der Waals surface area contributed by atoms with Gasteiger partial charge in [-0.15, -0.1) is 0 Å². The number of ether oxygens (including phenoxy) is 1. The summed E-state index contributed by atoms with van der Waals surface area (Å²) < 4.78 is 6.04. The van der Waals surface area contributed by atoms with E-state index in [0.717, 1.165) is 44.6 Å². The van der Waals surface area contributed by atoms with E-state index in [-0.39, 0.29) is 5.60 Å². The fourth-order valence-corrected chi connectivity index (χ4v) is 4.40. The maximum Gasteiger partial charge on any atom is 0.136 e. The van der Waals surface area contributed by atoms with Crippen LogP contribution in [0.3, 0.4) is 0 Å². The molecule has 2 heterocycles. The molecule has 1 unspecified atom stereocenters. The highest BCUT2D eigenvalue weighted by molar-refractivity contribution is 7.99. The third-order valence-corrected chi connectivity index (χ3v) is 5.52. The van der Waals surface area contributed by atoms with Crippen LogP contribution in [0.15, 0.2) is 0 Å². The molecule has 2 aliphatic heterocycles. The fourth-order valence-electron chi connectivity index (χ4n) is 3.17. The number of thioether (sulfide) groups is 1. The topological polar surface area (TPSA) is 26.3 Å². The first kappa shape index (κ1) is 12.0. The number of carbonyl (C=O) groups excluding carboxylic acids is 1. The first-order chi connectivity index (χ1) is 8.27. The standard InChI is InChI=1S/C14H22O2S/c15-13(9-11-1-2-11)12-3-6-16-14(10-12)4-7-17-8-5-14/h11-12H,1-10H2. The lowest BCUT2D eigenvalue weighted by Gasteiger charge is -2.43. The van der Waals surface area contributed by atoms with E-state index in [1.165, 1.54) is 24.3 Å². The first-order valence-corrected chi connectivity index (χ1v) is 8.17. The second-order valence-electron chi connectivity index (χ2n) is 5.95. The minimum absolute atomic E-state index is 0.0768. The molecule has 1 spiro atoms. The van der Waals surface area contributed by atoms with Crippen LogP contribution in [0.25, 0.3) is 0 Å². The SMILES string of the molecule is O=C(CC1CC1)C1CCOC2(CCSCC2)C1. The molecule has 2 saturated heterocycles. The minimum atomic E-state index is 0.0768. The van der Waals surface area contributed by atoms with Crippen molar-refractivity contribution in [3.8, 4) is 0 Å². The lowest BCUT2D eigenvalue weighted by atomic mass is 9.79. The highest BCUT2D eigenvalue weighted by atomic mass is 32.2. The van der Waals surface area contributed by atoms with Crippen molar-refractivity contribution in [1.82, 2.24) is 0 Å². The summed E-state index contributed by atoms with van der Waals surface area (Å²) >= 11 is 2.03. The maximum atomic E-state index is 12.2. The molecular weight excluding hydrogens is 232 g/mol. The average molecular weight is 254 g/mol. The molecule has 0 aromatic carbocycles. The van der Waals surface area contributed by atoms with Gasteiger partial charge in [0.25, 0.3) is 0 Å².